The lowest BCUT2D eigenvalue weighted by atomic mass is 9.70. The molecule has 0 aliphatic heterocycles. The van der Waals surface area contributed by atoms with Crippen LogP contribution in [-0.4, -0.2) is 23.1 Å². The van der Waals surface area contributed by atoms with E-state index in [0.29, 0.717) is 19.3 Å². The first-order valence-corrected chi connectivity index (χ1v) is 18.3. The highest BCUT2D eigenvalue weighted by molar-refractivity contribution is 6.01. The second kappa shape index (κ2) is 18.6. The Morgan fingerprint density at radius 2 is 1.51 bits per heavy atom. The SMILES string of the molecule is CCC.CCCC(CC1CC(=O)c2c(C)c(CC(=O)Cc3ccc(CC(C)(C)C)cc3)cc(C(C)C)c2C1)C(CC)C(=O)CC(C)=O. The summed E-state index contributed by atoms with van der Waals surface area (Å²) in [6, 6.07) is 10.6. The summed E-state index contributed by atoms with van der Waals surface area (Å²) in [6.45, 7) is 22.9. The molecule has 0 radical (unpaired) electrons. The van der Waals surface area contributed by atoms with Gasteiger partial charge in [0, 0.05) is 30.7 Å². The Bertz CT molecular complexity index is 1360. The minimum absolute atomic E-state index is 0.00581. The smallest absolute Gasteiger partial charge is 0.163 e. The van der Waals surface area contributed by atoms with Gasteiger partial charge in [0.15, 0.2) is 5.78 Å². The van der Waals surface area contributed by atoms with Gasteiger partial charge in [-0.25, -0.2) is 0 Å². The maximum Gasteiger partial charge on any atom is 0.163 e. The van der Waals surface area contributed by atoms with E-state index in [1.165, 1.54) is 24.5 Å². The van der Waals surface area contributed by atoms with E-state index in [-0.39, 0.29) is 58.6 Å². The van der Waals surface area contributed by atoms with Crippen molar-refractivity contribution in [3.63, 3.8) is 0 Å². The molecule has 4 nitrogen and oxygen atoms in total. The molecule has 0 saturated heterocycles. The van der Waals surface area contributed by atoms with E-state index < -0.39 is 0 Å². The van der Waals surface area contributed by atoms with E-state index in [4.69, 9.17) is 0 Å². The van der Waals surface area contributed by atoms with Crippen molar-refractivity contribution < 1.29 is 19.2 Å². The number of carbonyl (C=O) groups excluding carboxylic acids is 4. The van der Waals surface area contributed by atoms with Crippen molar-refractivity contribution in [2.45, 2.75) is 153 Å². The van der Waals surface area contributed by atoms with Crippen LogP contribution in [0.2, 0.25) is 0 Å². The molecule has 1 aliphatic carbocycles. The van der Waals surface area contributed by atoms with Crippen molar-refractivity contribution in [3.8, 4) is 0 Å². The van der Waals surface area contributed by atoms with Crippen LogP contribution < -0.4 is 0 Å². The lowest BCUT2D eigenvalue weighted by Crippen LogP contribution is -2.30. The fourth-order valence-corrected chi connectivity index (χ4v) is 7.47. The number of benzene rings is 2. The molecule has 0 amide bonds. The van der Waals surface area contributed by atoms with Gasteiger partial charge in [-0.2, -0.15) is 0 Å². The molecule has 0 bridgehead atoms. The van der Waals surface area contributed by atoms with Gasteiger partial charge < -0.3 is 0 Å². The highest BCUT2D eigenvalue weighted by atomic mass is 16.1. The summed E-state index contributed by atoms with van der Waals surface area (Å²) in [5.74, 6) is 0.751. The standard InChI is InChI=1S/C40H56O4.C3H8/c1-10-12-31(34(11-2)37(43)17-26(5)41)18-30-20-36-35(25(3)4)23-32(27(6)39(36)38(44)21-30)22-33(42)19-28-13-15-29(16-14-28)24-40(7,8)9;1-3-2/h13-16,23,25,30-31,34H,10-12,17-22,24H2,1-9H3;3H2,1-2H3. The maximum absolute atomic E-state index is 13.8. The van der Waals surface area contributed by atoms with Crippen LogP contribution in [0.15, 0.2) is 30.3 Å². The van der Waals surface area contributed by atoms with E-state index in [0.717, 1.165) is 66.3 Å². The second-order valence-corrected chi connectivity index (χ2v) is 15.8. The molecule has 0 N–H and O–H groups in total. The zero-order valence-corrected chi connectivity index (χ0v) is 31.6. The zero-order valence-electron chi connectivity index (χ0n) is 31.6. The quantitative estimate of drug-likeness (QED) is 0.181. The minimum Gasteiger partial charge on any atom is -0.300 e. The molecule has 1 aliphatic rings. The Labute approximate surface area is 286 Å². The number of rotatable bonds is 15. The van der Waals surface area contributed by atoms with Gasteiger partial charge in [-0.1, -0.05) is 112 Å². The topological polar surface area (TPSA) is 68.3 Å². The van der Waals surface area contributed by atoms with Crippen molar-refractivity contribution in [2.75, 3.05) is 0 Å². The summed E-state index contributed by atoms with van der Waals surface area (Å²) in [5, 5.41) is 0. The molecule has 260 valence electrons. The molecule has 0 aromatic heterocycles. The van der Waals surface area contributed by atoms with Gasteiger partial charge in [-0.3, -0.25) is 19.2 Å². The van der Waals surface area contributed by atoms with Crippen LogP contribution in [0.3, 0.4) is 0 Å². The molecule has 47 heavy (non-hydrogen) atoms. The molecular formula is C43H64O4. The van der Waals surface area contributed by atoms with Gasteiger partial charge in [0.25, 0.3) is 0 Å². The van der Waals surface area contributed by atoms with Crippen LogP contribution in [0.4, 0.5) is 0 Å². The number of Topliss-reactive ketones (excluding diaryl/α,β-unsaturated/α-hetero) is 4. The first-order chi connectivity index (χ1) is 22.0. The molecule has 4 heteroatoms. The van der Waals surface area contributed by atoms with E-state index in [2.05, 4.69) is 85.7 Å². The van der Waals surface area contributed by atoms with Gasteiger partial charge in [0.2, 0.25) is 0 Å². The predicted octanol–water partition coefficient (Wildman–Crippen LogP) is 10.6. The Kier molecular flexibility index (Phi) is 16.0. The lowest BCUT2D eigenvalue weighted by molar-refractivity contribution is -0.130. The number of hydrogen-bond acceptors (Lipinski definition) is 4. The van der Waals surface area contributed by atoms with Crippen molar-refractivity contribution in [1.82, 2.24) is 0 Å². The Morgan fingerprint density at radius 3 is 2.02 bits per heavy atom. The Balaban J connectivity index is 0.00000246. The van der Waals surface area contributed by atoms with E-state index in [1.54, 1.807) is 0 Å². The number of carbonyl (C=O) groups is 4. The summed E-state index contributed by atoms with van der Waals surface area (Å²) in [7, 11) is 0. The average molecular weight is 645 g/mol. The van der Waals surface area contributed by atoms with Gasteiger partial charge in [0.1, 0.15) is 17.3 Å². The van der Waals surface area contributed by atoms with Crippen LogP contribution in [-0.2, 0) is 40.1 Å². The third-order valence-corrected chi connectivity index (χ3v) is 9.39. The predicted molar refractivity (Wildman–Crippen MR) is 196 cm³/mol. The number of fused-ring (bicyclic) bond motifs is 1. The monoisotopic (exact) mass is 644 g/mol. The summed E-state index contributed by atoms with van der Waals surface area (Å²) >= 11 is 0. The molecule has 2 aromatic rings. The lowest BCUT2D eigenvalue weighted by Gasteiger charge is -2.33. The Morgan fingerprint density at radius 1 is 0.915 bits per heavy atom. The summed E-state index contributed by atoms with van der Waals surface area (Å²) in [4.78, 5) is 51.8. The van der Waals surface area contributed by atoms with Crippen LogP contribution in [0.5, 0.6) is 0 Å². The van der Waals surface area contributed by atoms with Gasteiger partial charge in [-0.15, -0.1) is 0 Å². The van der Waals surface area contributed by atoms with Crippen molar-refractivity contribution in [2.24, 2.45) is 23.2 Å². The molecule has 3 atom stereocenters. The van der Waals surface area contributed by atoms with E-state index >= 15 is 0 Å². The minimum atomic E-state index is -0.135. The highest BCUT2D eigenvalue weighted by Gasteiger charge is 2.35. The Hall–Kier alpha value is -2.88. The largest absolute Gasteiger partial charge is 0.300 e. The van der Waals surface area contributed by atoms with E-state index in [9.17, 15) is 19.2 Å². The van der Waals surface area contributed by atoms with Crippen molar-refractivity contribution >= 4 is 23.1 Å². The normalized spacial score (nSPS) is 15.8. The summed E-state index contributed by atoms with van der Waals surface area (Å²) < 4.78 is 0. The molecule has 0 fully saturated rings. The van der Waals surface area contributed by atoms with Gasteiger partial charge in [-0.05, 0) is 96.1 Å². The maximum atomic E-state index is 13.8. The molecule has 3 unspecified atom stereocenters. The highest BCUT2D eigenvalue weighted by Crippen LogP contribution is 2.40. The van der Waals surface area contributed by atoms with Crippen LogP contribution in [0, 0.1) is 30.1 Å². The summed E-state index contributed by atoms with van der Waals surface area (Å²) in [6.07, 6.45) is 7.72. The number of hydrogen-bond donors (Lipinski definition) is 0. The molecular weight excluding hydrogens is 580 g/mol. The first kappa shape index (κ1) is 40.3. The van der Waals surface area contributed by atoms with Gasteiger partial charge in [0.05, 0.1) is 6.42 Å². The first-order valence-electron chi connectivity index (χ1n) is 18.3. The van der Waals surface area contributed by atoms with Crippen molar-refractivity contribution in [1.29, 1.82) is 0 Å². The van der Waals surface area contributed by atoms with Crippen LogP contribution in [0.1, 0.15) is 164 Å². The van der Waals surface area contributed by atoms with E-state index in [1.807, 2.05) is 13.8 Å². The van der Waals surface area contributed by atoms with Gasteiger partial charge >= 0.3 is 0 Å². The second-order valence-electron chi connectivity index (χ2n) is 15.8. The molecule has 0 saturated carbocycles. The third kappa shape index (κ3) is 12.3. The van der Waals surface area contributed by atoms with Crippen LogP contribution in [0.25, 0.3) is 0 Å². The molecule has 0 heterocycles. The molecule has 3 rings (SSSR count). The third-order valence-electron chi connectivity index (χ3n) is 9.39. The fourth-order valence-electron chi connectivity index (χ4n) is 7.47. The number of ketones is 4. The molecule has 0 spiro atoms. The fraction of sp³-hybridized carbons (Fsp3) is 0.628. The van der Waals surface area contributed by atoms with Crippen LogP contribution >= 0.6 is 0 Å². The summed E-state index contributed by atoms with van der Waals surface area (Å²) in [5.41, 5.74) is 7.60. The average Bonchev–Trinajstić information content (AvgIpc) is 2.95. The van der Waals surface area contributed by atoms with Crippen molar-refractivity contribution in [3.05, 3.63) is 69.3 Å². The zero-order chi connectivity index (χ0) is 35.5. The molecule has 2 aromatic carbocycles.